The molecule has 1 heterocycles. The van der Waals surface area contributed by atoms with E-state index in [0.29, 0.717) is 32.0 Å². The van der Waals surface area contributed by atoms with Crippen LogP contribution in [0.2, 0.25) is 0 Å². The fourth-order valence-electron chi connectivity index (χ4n) is 3.24. The first-order valence-electron chi connectivity index (χ1n) is 9.80. The Kier molecular flexibility index (Phi) is 7.82. The Balaban J connectivity index is 1.73. The second-order valence-corrected chi connectivity index (χ2v) is 7.63. The maximum absolute atomic E-state index is 12.3. The van der Waals surface area contributed by atoms with Crippen molar-refractivity contribution in [3.63, 3.8) is 0 Å². The summed E-state index contributed by atoms with van der Waals surface area (Å²) >= 11 is 0. The third kappa shape index (κ3) is 6.38. The van der Waals surface area contributed by atoms with Crippen LogP contribution in [0.3, 0.4) is 0 Å². The summed E-state index contributed by atoms with van der Waals surface area (Å²) in [6.07, 6.45) is 2.42. The van der Waals surface area contributed by atoms with Gasteiger partial charge in [-0.1, -0.05) is 38.1 Å². The molecule has 1 fully saturated rings. The van der Waals surface area contributed by atoms with E-state index in [0.717, 1.165) is 18.4 Å². The monoisotopic (exact) mass is 373 g/mol. The summed E-state index contributed by atoms with van der Waals surface area (Å²) in [6, 6.07) is 8.17. The zero-order valence-electron chi connectivity index (χ0n) is 16.5. The van der Waals surface area contributed by atoms with E-state index in [1.807, 2.05) is 19.1 Å². The zero-order valence-corrected chi connectivity index (χ0v) is 16.5. The molecule has 1 aromatic carbocycles. The molecule has 6 nitrogen and oxygen atoms in total. The molecule has 1 saturated heterocycles. The highest BCUT2D eigenvalue weighted by molar-refractivity contribution is 6.00. The standard InChI is InChI=1S/C21H31N3O3/c1-14(2)13-16-6-8-17(9-7-16)15(3)19(25)23-11-12-24-21(27)18-5-4-10-22-20(18)26/h6-9,14-15,18H,4-5,10-13H2,1-3H3,(H,22,26)(H,23,25)(H,24,27)/t15-,18+/m1/s1. The predicted octanol–water partition coefficient (Wildman–Crippen LogP) is 1.75. The van der Waals surface area contributed by atoms with Crippen molar-refractivity contribution in [1.29, 1.82) is 0 Å². The van der Waals surface area contributed by atoms with Gasteiger partial charge in [0.15, 0.2) is 0 Å². The average molecular weight is 373 g/mol. The second kappa shape index (κ2) is 10.1. The fourth-order valence-corrected chi connectivity index (χ4v) is 3.24. The summed E-state index contributed by atoms with van der Waals surface area (Å²) in [7, 11) is 0. The average Bonchev–Trinajstić information content (AvgIpc) is 2.64. The quantitative estimate of drug-likeness (QED) is 0.479. The van der Waals surface area contributed by atoms with E-state index in [1.54, 1.807) is 0 Å². The highest BCUT2D eigenvalue weighted by Crippen LogP contribution is 2.17. The molecule has 1 aromatic rings. The van der Waals surface area contributed by atoms with Crippen LogP contribution in [-0.2, 0) is 20.8 Å². The summed E-state index contributed by atoms with van der Waals surface area (Å²) < 4.78 is 0. The van der Waals surface area contributed by atoms with Crippen LogP contribution in [0.15, 0.2) is 24.3 Å². The van der Waals surface area contributed by atoms with E-state index in [9.17, 15) is 14.4 Å². The molecule has 0 radical (unpaired) electrons. The van der Waals surface area contributed by atoms with Crippen LogP contribution in [0.4, 0.5) is 0 Å². The van der Waals surface area contributed by atoms with Crippen molar-refractivity contribution in [2.45, 2.75) is 46.0 Å². The predicted molar refractivity (Wildman–Crippen MR) is 105 cm³/mol. The Morgan fingerprint density at radius 2 is 1.78 bits per heavy atom. The van der Waals surface area contributed by atoms with Gasteiger partial charge in [-0.2, -0.15) is 0 Å². The third-order valence-corrected chi connectivity index (χ3v) is 4.84. The summed E-state index contributed by atoms with van der Waals surface area (Å²) in [5, 5.41) is 8.27. The lowest BCUT2D eigenvalue weighted by molar-refractivity contribution is -0.137. The molecule has 0 saturated carbocycles. The van der Waals surface area contributed by atoms with Crippen LogP contribution in [0.25, 0.3) is 0 Å². The molecule has 0 bridgehead atoms. The Morgan fingerprint density at radius 3 is 2.41 bits per heavy atom. The highest BCUT2D eigenvalue weighted by Gasteiger charge is 2.28. The van der Waals surface area contributed by atoms with Gasteiger partial charge in [-0.25, -0.2) is 0 Å². The van der Waals surface area contributed by atoms with Gasteiger partial charge in [0.25, 0.3) is 0 Å². The molecule has 0 spiro atoms. The first kappa shape index (κ1) is 20.9. The summed E-state index contributed by atoms with van der Waals surface area (Å²) in [6.45, 7) is 7.53. The molecule has 3 amide bonds. The maximum atomic E-state index is 12.3. The van der Waals surface area contributed by atoms with E-state index in [1.165, 1.54) is 5.56 Å². The number of piperidine rings is 1. The van der Waals surface area contributed by atoms with E-state index in [4.69, 9.17) is 0 Å². The van der Waals surface area contributed by atoms with Crippen LogP contribution in [0.5, 0.6) is 0 Å². The van der Waals surface area contributed by atoms with Crippen LogP contribution < -0.4 is 16.0 Å². The highest BCUT2D eigenvalue weighted by atomic mass is 16.2. The van der Waals surface area contributed by atoms with E-state index in [-0.39, 0.29) is 23.6 Å². The number of rotatable bonds is 8. The van der Waals surface area contributed by atoms with Crippen molar-refractivity contribution in [2.75, 3.05) is 19.6 Å². The lowest BCUT2D eigenvalue weighted by Crippen LogP contribution is -2.46. The van der Waals surface area contributed by atoms with Crippen LogP contribution in [0, 0.1) is 11.8 Å². The Hall–Kier alpha value is -2.37. The van der Waals surface area contributed by atoms with Gasteiger partial charge in [-0.05, 0) is 43.2 Å². The van der Waals surface area contributed by atoms with Gasteiger partial charge < -0.3 is 16.0 Å². The van der Waals surface area contributed by atoms with Crippen LogP contribution in [-0.4, -0.2) is 37.4 Å². The molecule has 6 heteroatoms. The molecule has 0 aromatic heterocycles. The van der Waals surface area contributed by atoms with Crippen molar-refractivity contribution in [3.8, 4) is 0 Å². The summed E-state index contributed by atoms with van der Waals surface area (Å²) in [4.78, 5) is 36.0. The van der Waals surface area contributed by atoms with Gasteiger partial charge in [0.1, 0.15) is 5.92 Å². The Morgan fingerprint density at radius 1 is 1.11 bits per heavy atom. The van der Waals surface area contributed by atoms with Gasteiger partial charge in [0, 0.05) is 19.6 Å². The molecule has 2 rings (SSSR count). The van der Waals surface area contributed by atoms with Crippen LogP contribution >= 0.6 is 0 Å². The zero-order chi connectivity index (χ0) is 19.8. The number of carbonyl (C=O) groups excluding carboxylic acids is 3. The largest absolute Gasteiger partial charge is 0.355 e. The first-order valence-corrected chi connectivity index (χ1v) is 9.80. The topological polar surface area (TPSA) is 87.3 Å². The number of carbonyl (C=O) groups is 3. The minimum absolute atomic E-state index is 0.0729. The van der Waals surface area contributed by atoms with Crippen molar-refractivity contribution in [3.05, 3.63) is 35.4 Å². The molecular weight excluding hydrogens is 342 g/mol. The third-order valence-electron chi connectivity index (χ3n) is 4.84. The Labute approximate surface area is 161 Å². The van der Waals surface area contributed by atoms with E-state index >= 15 is 0 Å². The molecular formula is C21H31N3O3. The number of nitrogens with one attached hydrogen (secondary N) is 3. The molecule has 2 atom stereocenters. The molecule has 148 valence electrons. The van der Waals surface area contributed by atoms with Gasteiger partial charge >= 0.3 is 0 Å². The van der Waals surface area contributed by atoms with Gasteiger partial charge in [-0.3, -0.25) is 14.4 Å². The van der Waals surface area contributed by atoms with E-state index < -0.39 is 5.92 Å². The Bertz CT molecular complexity index is 655. The number of hydrogen-bond donors (Lipinski definition) is 3. The SMILES string of the molecule is CC(C)Cc1ccc([C@@H](C)C(=O)NCCNC(=O)[C@H]2CCCNC2=O)cc1. The number of hydrogen-bond acceptors (Lipinski definition) is 3. The molecule has 1 aliphatic heterocycles. The molecule has 3 N–H and O–H groups in total. The maximum Gasteiger partial charge on any atom is 0.232 e. The summed E-state index contributed by atoms with van der Waals surface area (Å²) in [5.74, 6) is -0.814. The van der Waals surface area contributed by atoms with Crippen molar-refractivity contribution in [1.82, 2.24) is 16.0 Å². The minimum Gasteiger partial charge on any atom is -0.355 e. The normalized spacial score (nSPS) is 17.9. The molecule has 0 aliphatic carbocycles. The van der Waals surface area contributed by atoms with Gasteiger partial charge in [-0.15, -0.1) is 0 Å². The lowest BCUT2D eigenvalue weighted by atomic mass is 9.96. The fraction of sp³-hybridized carbons (Fsp3) is 0.571. The number of amides is 3. The van der Waals surface area contributed by atoms with Crippen molar-refractivity contribution < 1.29 is 14.4 Å². The molecule has 27 heavy (non-hydrogen) atoms. The molecule has 0 unspecified atom stereocenters. The van der Waals surface area contributed by atoms with Crippen molar-refractivity contribution >= 4 is 17.7 Å². The van der Waals surface area contributed by atoms with Crippen molar-refractivity contribution in [2.24, 2.45) is 11.8 Å². The molecule has 1 aliphatic rings. The second-order valence-electron chi connectivity index (χ2n) is 7.63. The first-order chi connectivity index (χ1) is 12.9. The van der Waals surface area contributed by atoms with Gasteiger partial charge in [0.05, 0.1) is 5.92 Å². The lowest BCUT2D eigenvalue weighted by Gasteiger charge is -2.21. The minimum atomic E-state index is -0.613. The summed E-state index contributed by atoms with van der Waals surface area (Å²) in [5.41, 5.74) is 2.25. The van der Waals surface area contributed by atoms with Gasteiger partial charge in [0.2, 0.25) is 17.7 Å². The van der Waals surface area contributed by atoms with Crippen LogP contribution in [0.1, 0.15) is 50.7 Å². The number of benzene rings is 1. The van der Waals surface area contributed by atoms with E-state index in [2.05, 4.69) is 41.9 Å². The smallest absolute Gasteiger partial charge is 0.232 e.